The molecule has 0 aliphatic heterocycles. The number of likely N-dealkylation sites (N-methyl/N-ethyl adjacent to an activating group) is 1. The maximum Gasteiger partial charge on any atom is 0.409 e. The predicted molar refractivity (Wildman–Crippen MR) is 67.6 cm³/mol. The second kappa shape index (κ2) is 5.89. The molecule has 88 valence electrons. The summed E-state index contributed by atoms with van der Waals surface area (Å²) in [7, 11) is 3.13. The number of amides is 1. The Bertz CT molecular complexity index is 379. The summed E-state index contributed by atoms with van der Waals surface area (Å²) in [5.41, 5.74) is 2.48. The van der Waals surface area contributed by atoms with Gasteiger partial charge in [-0.05, 0) is 36.6 Å². The summed E-state index contributed by atoms with van der Waals surface area (Å²) in [4.78, 5) is 12.7. The number of hydrogen-bond acceptors (Lipinski definition) is 2. The molecule has 0 fully saturated rings. The minimum absolute atomic E-state index is 0.298. The van der Waals surface area contributed by atoms with Gasteiger partial charge >= 0.3 is 6.09 Å². The van der Waals surface area contributed by atoms with Crippen molar-refractivity contribution in [1.29, 1.82) is 0 Å². The van der Waals surface area contributed by atoms with Crippen LogP contribution in [0, 0.1) is 6.92 Å². The number of benzene rings is 1. The molecule has 1 aromatic carbocycles. The van der Waals surface area contributed by atoms with Crippen LogP contribution in [0.1, 0.15) is 11.1 Å². The molecule has 0 radical (unpaired) electrons. The second-order valence-electron chi connectivity index (χ2n) is 3.71. The van der Waals surface area contributed by atoms with Gasteiger partial charge in [-0.1, -0.05) is 22.0 Å². The van der Waals surface area contributed by atoms with Crippen molar-refractivity contribution in [2.75, 3.05) is 20.7 Å². The van der Waals surface area contributed by atoms with Crippen LogP contribution in [0.2, 0.25) is 0 Å². The summed E-state index contributed by atoms with van der Waals surface area (Å²) in [5.74, 6) is 0. The first-order valence-corrected chi connectivity index (χ1v) is 5.88. The number of rotatable bonds is 3. The van der Waals surface area contributed by atoms with Gasteiger partial charge in [0, 0.05) is 18.1 Å². The Morgan fingerprint density at radius 2 is 2.19 bits per heavy atom. The van der Waals surface area contributed by atoms with Gasteiger partial charge in [-0.2, -0.15) is 0 Å². The van der Waals surface area contributed by atoms with E-state index in [4.69, 9.17) is 0 Å². The van der Waals surface area contributed by atoms with E-state index in [9.17, 15) is 4.79 Å². The molecule has 0 aliphatic rings. The van der Waals surface area contributed by atoms with Gasteiger partial charge < -0.3 is 9.64 Å². The van der Waals surface area contributed by atoms with Crippen LogP contribution in [-0.2, 0) is 11.2 Å². The summed E-state index contributed by atoms with van der Waals surface area (Å²) in [6, 6.07) is 6.17. The molecule has 0 aliphatic carbocycles. The molecule has 0 saturated carbocycles. The Balaban J connectivity index is 2.60. The lowest BCUT2D eigenvalue weighted by Gasteiger charge is -2.16. The molecule has 1 amide bonds. The third-order valence-electron chi connectivity index (χ3n) is 2.51. The van der Waals surface area contributed by atoms with Crippen molar-refractivity contribution < 1.29 is 9.53 Å². The number of methoxy groups -OCH3 is 1. The fourth-order valence-electron chi connectivity index (χ4n) is 1.44. The first-order valence-electron chi connectivity index (χ1n) is 5.08. The van der Waals surface area contributed by atoms with Gasteiger partial charge in [0.2, 0.25) is 0 Å². The summed E-state index contributed by atoms with van der Waals surface area (Å²) in [6.07, 6.45) is 0.532. The lowest BCUT2D eigenvalue weighted by Crippen LogP contribution is -2.28. The Hall–Kier alpha value is -1.03. The maximum atomic E-state index is 11.2. The average Bonchev–Trinajstić information content (AvgIpc) is 2.28. The monoisotopic (exact) mass is 285 g/mol. The lowest BCUT2D eigenvalue weighted by atomic mass is 10.1. The number of nitrogens with zero attached hydrogens (tertiary/aromatic N) is 1. The first-order chi connectivity index (χ1) is 7.54. The van der Waals surface area contributed by atoms with Crippen LogP contribution < -0.4 is 0 Å². The highest BCUT2D eigenvalue weighted by Gasteiger charge is 2.08. The van der Waals surface area contributed by atoms with Crippen LogP contribution in [-0.4, -0.2) is 31.7 Å². The first kappa shape index (κ1) is 13.0. The molecule has 0 bridgehead atoms. The second-order valence-corrected chi connectivity index (χ2v) is 4.63. The molecule has 0 saturated heterocycles. The molecular weight excluding hydrogens is 270 g/mol. The zero-order chi connectivity index (χ0) is 12.1. The van der Waals surface area contributed by atoms with Crippen molar-refractivity contribution in [3.63, 3.8) is 0 Å². The van der Waals surface area contributed by atoms with Crippen molar-refractivity contribution in [3.05, 3.63) is 33.8 Å². The van der Waals surface area contributed by atoms with Gasteiger partial charge in [0.1, 0.15) is 0 Å². The number of halogens is 1. The fraction of sp³-hybridized carbons (Fsp3) is 0.417. The van der Waals surface area contributed by atoms with Crippen LogP contribution in [0.25, 0.3) is 0 Å². The molecule has 0 spiro atoms. The molecule has 1 aromatic rings. The van der Waals surface area contributed by atoms with Gasteiger partial charge in [0.15, 0.2) is 0 Å². The summed E-state index contributed by atoms with van der Waals surface area (Å²) >= 11 is 3.44. The van der Waals surface area contributed by atoms with Crippen LogP contribution in [0.15, 0.2) is 22.7 Å². The topological polar surface area (TPSA) is 29.5 Å². The highest BCUT2D eigenvalue weighted by molar-refractivity contribution is 9.10. The zero-order valence-electron chi connectivity index (χ0n) is 9.79. The zero-order valence-corrected chi connectivity index (χ0v) is 11.4. The smallest absolute Gasteiger partial charge is 0.409 e. The van der Waals surface area contributed by atoms with Gasteiger partial charge in [0.05, 0.1) is 7.11 Å². The van der Waals surface area contributed by atoms with Crippen molar-refractivity contribution in [3.8, 4) is 0 Å². The van der Waals surface area contributed by atoms with Crippen molar-refractivity contribution in [2.24, 2.45) is 0 Å². The molecule has 0 aromatic heterocycles. The molecule has 0 unspecified atom stereocenters. The van der Waals surface area contributed by atoms with Crippen LogP contribution in [0.5, 0.6) is 0 Å². The quantitative estimate of drug-likeness (QED) is 0.855. The minimum atomic E-state index is -0.298. The Morgan fingerprint density at radius 3 is 2.81 bits per heavy atom. The van der Waals surface area contributed by atoms with Crippen LogP contribution in [0.3, 0.4) is 0 Å². The van der Waals surface area contributed by atoms with E-state index in [1.165, 1.54) is 18.2 Å². The molecule has 0 atom stereocenters. The highest BCUT2D eigenvalue weighted by Crippen LogP contribution is 2.16. The third kappa shape index (κ3) is 3.52. The number of carbonyl (C=O) groups excluding carboxylic acids is 1. The van der Waals surface area contributed by atoms with Gasteiger partial charge in [0.25, 0.3) is 0 Å². The molecule has 3 nitrogen and oxygen atoms in total. The molecule has 0 heterocycles. The number of ether oxygens (including phenoxy) is 1. The van der Waals surface area contributed by atoms with Gasteiger partial charge in [-0.3, -0.25) is 0 Å². The summed E-state index contributed by atoms with van der Waals surface area (Å²) < 4.78 is 5.70. The van der Waals surface area contributed by atoms with E-state index in [1.807, 2.05) is 6.07 Å². The van der Waals surface area contributed by atoms with E-state index >= 15 is 0 Å². The number of carbonyl (C=O) groups is 1. The Kier molecular flexibility index (Phi) is 4.80. The van der Waals surface area contributed by atoms with Crippen molar-refractivity contribution >= 4 is 22.0 Å². The molecule has 16 heavy (non-hydrogen) atoms. The maximum absolute atomic E-state index is 11.2. The lowest BCUT2D eigenvalue weighted by molar-refractivity contribution is 0.134. The minimum Gasteiger partial charge on any atom is -0.453 e. The van der Waals surface area contributed by atoms with E-state index < -0.39 is 0 Å². The molecule has 0 N–H and O–H groups in total. The predicted octanol–water partition coefficient (Wildman–Crippen LogP) is 3.00. The van der Waals surface area contributed by atoms with E-state index in [1.54, 1.807) is 11.9 Å². The Labute approximate surface area is 105 Å². The summed E-state index contributed by atoms with van der Waals surface area (Å²) in [5, 5.41) is 0. The average molecular weight is 286 g/mol. The molecule has 1 rings (SSSR count). The van der Waals surface area contributed by atoms with E-state index in [2.05, 4.69) is 39.7 Å². The van der Waals surface area contributed by atoms with E-state index in [0.29, 0.717) is 6.54 Å². The van der Waals surface area contributed by atoms with Crippen molar-refractivity contribution in [2.45, 2.75) is 13.3 Å². The van der Waals surface area contributed by atoms with E-state index in [0.717, 1.165) is 10.9 Å². The SMILES string of the molecule is COC(=O)N(C)CCc1cc(Br)ccc1C. The van der Waals surface area contributed by atoms with Gasteiger partial charge in [-0.25, -0.2) is 4.79 Å². The highest BCUT2D eigenvalue weighted by atomic mass is 79.9. The Morgan fingerprint density at radius 1 is 1.50 bits per heavy atom. The molecule has 4 heteroatoms. The standard InChI is InChI=1S/C12H16BrNO2/c1-9-4-5-11(13)8-10(9)6-7-14(2)12(15)16-3/h4-5,8H,6-7H2,1-3H3. The fourth-order valence-corrected chi connectivity index (χ4v) is 1.85. The van der Waals surface area contributed by atoms with E-state index in [-0.39, 0.29) is 6.09 Å². The van der Waals surface area contributed by atoms with Crippen LogP contribution in [0.4, 0.5) is 4.79 Å². The number of aryl methyl sites for hydroxylation is 1. The van der Waals surface area contributed by atoms with Crippen LogP contribution >= 0.6 is 15.9 Å². The summed E-state index contributed by atoms with van der Waals surface area (Å²) in [6.45, 7) is 2.73. The molecular formula is C12H16BrNO2. The normalized spacial score (nSPS) is 10.0. The largest absolute Gasteiger partial charge is 0.453 e. The van der Waals surface area contributed by atoms with Crippen molar-refractivity contribution in [1.82, 2.24) is 4.90 Å². The number of hydrogen-bond donors (Lipinski definition) is 0. The van der Waals surface area contributed by atoms with Gasteiger partial charge in [-0.15, -0.1) is 0 Å². The third-order valence-corrected chi connectivity index (χ3v) is 3.01.